The highest BCUT2D eigenvalue weighted by Gasteiger charge is 2.27. The molecule has 3 aromatic rings. The second kappa shape index (κ2) is 10.3. The number of carbonyl (C=O) groups is 2. The van der Waals surface area contributed by atoms with Crippen LogP contribution in [0.15, 0.2) is 35.7 Å². The van der Waals surface area contributed by atoms with Crippen LogP contribution < -0.4 is 5.32 Å². The minimum atomic E-state index is -0.957. The molecule has 2 saturated carbocycles. The zero-order valence-corrected chi connectivity index (χ0v) is 20.4. The highest BCUT2D eigenvalue weighted by Crippen LogP contribution is 2.34. The van der Waals surface area contributed by atoms with Gasteiger partial charge < -0.3 is 15.0 Å². The van der Waals surface area contributed by atoms with Crippen molar-refractivity contribution in [3.8, 4) is 0 Å². The number of fused-ring (bicyclic) bond motifs is 1. The highest BCUT2D eigenvalue weighted by molar-refractivity contribution is 7.09. The number of nitrogens with zero attached hydrogens (tertiary/aromatic N) is 2. The van der Waals surface area contributed by atoms with Crippen molar-refractivity contribution < 1.29 is 14.7 Å². The number of carbonyl (C=O) groups excluding carboxylic acids is 1. The first-order chi connectivity index (χ1) is 16.6. The Bertz CT molecular complexity index is 1140. The first-order valence-electron chi connectivity index (χ1n) is 12.7. The fraction of sp³-hybridized carbons (Fsp3) is 0.519. The molecule has 0 aliphatic heterocycles. The van der Waals surface area contributed by atoms with E-state index in [0.717, 1.165) is 61.8 Å². The average molecular weight is 480 g/mol. The number of benzene rings is 1. The van der Waals surface area contributed by atoms with Crippen molar-refractivity contribution in [3.63, 3.8) is 0 Å². The molecular formula is C27H33N3O3S. The van der Waals surface area contributed by atoms with Crippen LogP contribution in [0.25, 0.3) is 11.0 Å². The van der Waals surface area contributed by atoms with Gasteiger partial charge in [-0.15, -0.1) is 11.3 Å². The van der Waals surface area contributed by atoms with E-state index in [1.165, 1.54) is 24.1 Å². The Morgan fingerprint density at radius 2 is 1.85 bits per heavy atom. The van der Waals surface area contributed by atoms with Gasteiger partial charge in [-0.2, -0.15) is 0 Å². The Balaban J connectivity index is 1.41. The summed E-state index contributed by atoms with van der Waals surface area (Å²) in [5.74, 6) is 0.141. The molecule has 2 aromatic heterocycles. The zero-order valence-electron chi connectivity index (χ0n) is 19.5. The topological polar surface area (TPSA) is 84.2 Å². The van der Waals surface area contributed by atoms with Crippen LogP contribution in [0, 0.1) is 5.92 Å². The van der Waals surface area contributed by atoms with Crippen molar-refractivity contribution in [2.45, 2.75) is 82.7 Å². The molecule has 0 spiro atoms. The van der Waals surface area contributed by atoms with Gasteiger partial charge in [0, 0.05) is 22.9 Å². The molecule has 2 aliphatic carbocycles. The van der Waals surface area contributed by atoms with E-state index >= 15 is 0 Å². The summed E-state index contributed by atoms with van der Waals surface area (Å²) in [7, 11) is 0. The molecule has 1 atom stereocenters. The van der Waals surface area contributed by atoms with Gasteiger partial charge in [0.05, 0.1) is 11.0 Å². The van der Waals surface area contributed by atoms with E-state index in [-0.39, 0.29) is 5.91 Å². The van der Waals surface area contributed by atoms with Gasteiger partial charge in [-0.25, -0.2) is 9.78 Å². The van der Waals surface area contributed by atoms with Crippen molar-refractivity contribution in [2.24, 2.45) is 5.92 Å². The predicted octanol–water partition coefficient (Wildman–Crippen LogP) is 5.96. The van der Waals surface area contributed by atoms with Gasteiger partial charge in [-0.05, 0) is 54.8 Å². The molecular weight excluding hydrogens is 446 g/mol. The molecule has 0 bridgehead atoms. The summed E-state index contributed by atoms with van der Waals surface area (Å²) in [6.07, 6.45) is 11.8. The quantitative estimate of drug-likeness (QED) is 0.418. The molecule has 180 valence electrons. The number of rotatable bonds is 8. The van der Waals surface area contributed by atoms with Crippen LogP contribution in [0.2, 0.25) is 0 Å². The molecule has 1 unspecified atom stereocenters. The lowest BCUT2D eigenvalue weighted by Crippen LogP contribution is -2.41. The monoisotopic (exact) mass is 479 g/mol. The third-order valence-corrected chi connectivity index (χ3v) is 8.40. The van der Waals surface area contributed by atoms with Crippen LogP contribution in [-0.4, -0.2) is 32.6 Å². The van der Waals surface area contributed by atoms with Crippen LogP contribution in [0.1, 0.15) is 91.3 Å². The van der Waals surface area contributed by atoms with E-state index in [4.69, 9.17) is 4.98 Å². The molecule has 6 nitrogen and oxygen atoms in total. The number of imidazole rings is 1. The lowest BCUT2D eigenvalue weighted by molar-refractivity contribution is -0.139. The maximum Gasteiger partial charge on any atom is 0.326 e. The molecule has 2 fully saturated rings. The number of aromatic nitrogens is 2. The van der Waals surface area contributed by atoms with Gasteiger partial charge in [0.15, 0.2) is 0 Å². The Morgan fingerprint density at radius 3 is 2.56 bits per heavy atom. The van der Waals surface area contributed by atoms with Gasteiger partial charge in [0.25, 0.3) is 5.91 Å². The fourth-order valence-electron chi connectivity index (χ4n) is 5.77. The van der Waals surface area contributed by atoms with Gasteiger partial charge in [-0.1, -0.05) is 51.0 Å². The molecule has 1 amide bonds. The SMILES string of the molecule is O=C(NC(CC1CCCC1)C(=O)O)c1ccc2c(c1)nc(Cc1cccs1)n2C1CCCCC1. The predicted molar refractivity (Wildman–Crippen MR) is 134 cm³/mol. The molecule has 34 heavy (non-hydrogen) atoms. The van der Waals surface area contributed by atoms with E-state index in [0.29, 0.717) is 23.9 Å². The van der Waals surface area contributed by atoms with Crippen molar-refractivity contribution in [2.75, 3.05) is 0 Å². The number of aliphatic carboxylic acids is 1. The van der Waals surface area contributed by atoms with Crippen LogP contribution in [0.4, 0.5) is 0 Å². The summed E-state index contributed by atoms with van der Waals surface area (Å²) in [6.45, 7) is 0. The first kappa shape index (κ1) is 23.1. The van der Waals surface area contributed by atoms with Gasteiger partial charge in [-0.3, -0.25) is 4.79 Å². The Kier molecular flexibility index (Phi) is 6.99. The fourth-order valence-corrected chi connectivity index (χ4v) is 6.47. The second-order valence-electron chi connectivity index (χ2n) is 9.90. The lowest BCUT2D eigenvalue weighted by atomic mass is 9.95. The third kappa shape index (κ3) is 5.04. The molecule has 7 heteroatoms. The number of amides is 1. The second-order valence-corrected chi connectivity index (χ2v) is 10.9. The largest absolute Gasteiger partial charge is 0.480 e. The number of thiophene rings is 1. The Morgan fingerprint density at radius 1 is 1.09 bits per heavy atom. The number of hydrogen-bond donors (Lipinski definition) is 2. The van der Waals surface area contributed by atoms with Crippen LogP contribution in [0.3, 0.4) is 0 Å². The van der Waals surface area contributed by atoms with Crippen LogP contribution >= 0.6 is 11.3 Å². The smallest absolute Gasteiger partial charge is 0.326 e. The lowest BCUT2D eigenvalue weighted by Gasteiger charge is -2.25. The molecule has 2 N–H and O–H groups in total. The highest BCUT2D eigenvalue weighted by atomic mass is 32.1. The van der Waals surface area contributed by atoms with Gasteiger partial charge in [0.2, 0.25) is 0 Å². The van der Waals surface area contributed by atoms with E-state index in [1.54, 1.807) is 11.3 Å². The Hall–Kier alpha value is -2.67. The molecule has 2 aliphatic rings. The number of carboxylic acid groups (broad SMARTS) is 1. The van der Waals surface area contributed by atoms with E-state index in [9.17, 15) is 14.7 Å². The van der Waals surface area contributed by atoms with Crippen molar-refractivity contribution in [3.05, 3.63) is 52.0 Å². The van der Waals surface area contributed by atoms with E-state index in [1.807, 2.05) is 18.2 Å². The van der Waals surface area contributed by atoms with Gasteiger partial charge >= 0.3 is 5.97 Å². The maximum atomic E-state index is 13.0. The minimum absolute atomic E-state index is 0.334. The number of hydrogen-bond acceptors (Lipinski definition) is 4. The summed E-state index contributed by atoms with van der Waals surface area (Å²) in [4.78, 5) is 31.1. The normalized spacial score (nSPS) is 18.4. The minimum Gasteiger partial charge on any atom is -0.480 e. The van der Waals surface area contributed by atoms with E-state index in [2.05, 4.69) is 27.4 Å². The van der Waals surface area contributed by atoms with Crippen molar-refractivity contribution in [1.82, 2.24) is 14.9 Å². The summed E-state index contributed by atoms with van der Waals surface area (Å²) in [5.41, 5.74) is 2.35. The molecule has 0 radical (unpaired) electrons. The first-order valence-corrected chi connectivity index (χ1v) is 13.5. The number of nitrogens with one attached hydrogen (secondary N) is 1. The summed E-state index contributed by atoms with van der Waals surface area (Å²) in [6, 6.07) is 9.46. The summed E-state index contributed by atoms with van der Waals surface area (Å²) < 4.78 is 2.40. The van der Waals surface area contributed by atoms with Crippen molar-refractivity contribution >= 4 is 34.2 Å². The Labute approximate surface area is 204 Å². The number of carboxylic acids is 1. The third-order valence-electron chi connectivity index (χ3n) is 7.52. The van der Waals surface area contributed by atoms with Gasteiger partial charge in [0.1, 0.15) is 11.9 Å². The zero-order chi connectivity index (χ0) is 23.5. The van der Waals surface area contributed by atoms with Crippen LogP contribution in [-0.2, 0) is 11.2 Å². The summed E-state index contributed by atoms with van der Waals surface area (Å²) in [5, 5.41) is 14.5. The average Bonchev–Trinajstić information content (AvgIpc) is 3.60. The van der Waals surface area contributed by atoms with Crippen molar-refractivity contribution in [1.29, 1.82) is 0 Å². The van der Waals surface area contributed by atoms with Crippen LogP contribution in [0.5, 0.6) is 0 Å². The van der Waals surface area contributed by atoms with E-state index < -0.39 is 12.0 Å². The standard InChI is InChI=1S/C27H33N3O3S/c31-26(29-23(27(32)33)15-18-7-4-5-8-18)19-12-13-24-22(16-19)28-25(17-21-11-6-14-34-21)30(24)20-9-2-1-3-10-20/h6,11-14,16,18,20,23H,1-5,7-10,15,17H2,(H,29,31)(H,32,33). The maximum absolute atomic E-state index is 13.0. The molecule has 2 heterocycles. The molecule has 1 aromatic carbocycles. The molecule has 0 saturated heterocycles. The molecule has 5 rings (SSSR count). The summed E-state index contributed by atoms with van der Waals surface area (Å²) >= 11 is 1.74.